The lowest BCUT2D eigenvalue weighted by atomic mass is 10.2. The molecule has 0 atom stereocenters. The molecule has 2 nitrogen and oxygen atoms in total. The molecular weight excluding hydrogens is 373 g/mol. The summed E-state index contributed by atoms with van der Waals surface area (Å²) in [6, 6.07) is 9.36. The maximum atomic E-state index is 12.2. The van der Waals surface area contributed by atoms with Crippen molar-refractivity contribution in [3.8, 4) is 0 Å². The van der Waals surface area contributed by atoms with E-state index in [1.54, 1.807) is 12.1 Å². The van der Waals surface area contributed by atoms with Crippen LogP contribution in [0.25, 0.3) is 0 Å². The van der Waals surface area contributed by atoms with Crippen LogP contribution in [0.15, 0.2) is 36.4 Å². The lowest BCUT2D eigenvalue weighted by Crippen LogP contribution is -2.18. The second-order valence-corrected chi connectivity index (χ2v) is 6.58. The quantitative estimate of drug-likeness (QED) is 0.710. The maximum absolute atomic E-state index is 12.2. The molecule has 2 aromatic rings. The van der Waals surface area contributed by atoms with Crippen molar-refractivity contribution < 1.29 is 9.90 Å². The Balaban J connectivity index is 2.46. The molecule has 0 saturated carbocycles. The molecule has 0 aliphatic rings. The third-order valence-electron chi connectivity index (χ3n) is 2.56. The van der Waals surface area contributed by atoms with E-state index >= 15 is 0 Å². The lowest BCUT2D eigenvalue weighted by Gasteiger charge is -2.15. The molecular formula is C14H6Cl4O2P-. The van der Waals surface area contributed by atoms with Crippen LogP contribution in [-0.4, -0.2) is 11.0 Å². The summed E-state index contributed by atoms with van der Waals surface area (Å²) >= 11 is 23.8. The van der Waals surface area contributed by atoms with Crippen molar-refractivity contribution in [3.05, 3.63) is 67.6 Å². The molecule has 108 valence electrons. The van der Waals surface area contributed by atoms with Gasteiger partial charge in [-0.05, 0) is 32.5 Å². The topological polar surface area (TPSA) is 40.1 Å². The zero-order chi connectivity index (χ0) is 15.6. The molecule has 0 heterocycles. The minimum atomic E-state index is -0.508. The molecule has 0 saturated heterocycles. The van der Waals surface area contributed by atoms with Gasteiger partial charge in [0.2, 0.25) is 5.52 Å². The van der Waals surface area contributed by atoms with E-state index in [0.717, 1.165) is 0 Å². The van der Waals surface area contributed by atoms with Crippen molar-refractivity contribution in [2.24, 2.45) is 0 Å². The van der Waals surface area contributed by atoms with Crippen molar-refractivity contribution in [1.29, 1.82) is 0 Å². The van der Waals surface area contributed by atoms with E-state index in [9.17, 15) is 9.90 Å². The predicted molar refractivity (Wildman–Crippen MR) is 88.3 cm³/mol. The fourth-order valence-corrected chi connectivity index (χ4v) is 3.90. The van der Waals surface area contributed by atoms with Gasteiger partial charge in [0.05, 0.1) is 15.6 Å². The van der Waals surface area contributed by atoms with Gasteiger partial charge in [-0.25, -0.2) is 0 Å². The normalized spacial score (nSPS) is 11.6. The fraction of sp³-hybridized carbons (Fsp3) is 0. The molecule has 0 aliphatic heterocycles. The van der Waals surface area contributed by atoms with Gasteiger partial charge >= 0.3 is 0 Å². The Morgan fingerprint density at radius 3 is 1.62 bits per heavy atom. The zero-order valence-corrected chi connectivity index (χ0v) is 14.2. The van der Waals surface area contributed by atoms with Gasteiger partial charge in [0.15, 0.2) is 0 Å². The van der Waals surface area contributed by atoms with E-state index in [1.807, 2.05) is 0 Å². The Morgan fingerprint density at radius 2 is 1.19 bits per heavy atom. The Morgan fingerprint density at radius 1 is 0.810 bits per heavy atom. The minimum Gasteiger partial charge on any atom is -0.823 e. The van der Waals surface area contributed by atoms with Gasteiger partial charge < -0.3 is 5.11 Å². The van der Waals surface area contributed by atoms with Crippen LogP contribution in [0.1, 0.15) is 15.9 Å². The van der Waals surface area contributed by atoms with Crippen LogP contribution in [-0.2, 0) is 0 Å². The number of benzene rings is 2. The third kappa shape index (κ3) is 3.78. The first-order chi connectivity index (χ1) is 9.91. The van der Waals surface area contributed by atoms with Crippen LogP contribution >= 0.6 is 54.6 Å². The SMILES string of the molecule is O=C(P=C([O-])c1c(Cl)cccc1Cl)c1c(Cl)cccc1Cl. The van der Waals surface area contributed by atoms with Gasteiger partial charge in [0.25, 0.3) is 0 Å². The number of hydrogen-bond acceptors (Lipinski definition) is 2. The number of halogens is 4. The van der Waals surface area contributed by atoms with Crippen molar-refractivity contribution in [1.82, 2.24) is 0 Å². The first kappa shape index (κ1) is 16.8. The van der Waals surface area contributed by atoms with E-state index in [-0.39, 0.29) is 39.4 Å². The van der Waals surface area contributed by atoms with Crippen LogP contribution in [0.3, 0.4) is 0 Å². The van der Waals surface area contributed by atoms with E-state index in [4.69, 9.17) is 46.4 Å². The summed E-state index contributed by atoms with van der Waals surface area (Å²) in [4.78, 5) is 12.2. The van der Waals surface area contributed by atoms with Crippen LogP contribution in [0.5, 0.6) is 0 Å². The summed E-state index contributed by atoms with van der Waals surface area (Å²) in [5.74, 6) is 0. The summed E-state index contributed by atoms with van der Waals surface area (Å²) in [6.45, 7) is 0. The summed E-state index contributed by atoms with van der Waals surface area (Å²) in [5, 5.41) is 13.0. The summed E-state index contributed by atoms with van der Waals surface area (Å²) < 4.78 is 0. The van der Waals surface area contributed by atoms with Crippen LogP contribution in [0.2, 0.25) is 20.1 Å². The van der Waals surface area contributed by atoms with Crippen LogP contribution in [0, 0.1) is 0 Å². The highest BCUT2D eigenvalue weighted by atomic mass is 35.5. The van der Waals surface area contributed by atoms with Gasteiger partial charge in [-0.15, -0.1) is 0 Å². The predicted octanol–water partition coefficient (Wildman–Crippen LogP) is 4.93. The molecule has 0 bridgehead atoms. The van der Waals surface area contributed by atoms with Crippen molar-refractivity contribution in [2.45, 2.75) is 0 Å². The van der Waals surface area contributed by atoms with E-state index in [0.29, 0.717) is 0 Å². The second kappa shape index (κ2) is 7.11. The molecule has 2 rings (SSSR count). The molecule has 0 N–H and O–H groups in total. The number of carbonyl (C=O) groups excluding carboxylic acids is 1. The average Bonchev–Trinajstić information content (AvgIpc) is 2.38. The highest BCUT2D eigenvalue weighted by Gasteiger charge is 2.13. The highest BCUT2D eigenvalue weighted by Crippen LogP contribution is 2.30. The van der Waals surface area contributed by atoms with Gasteiger partial charge in [0, 0.05) is 15.6 Å². The molecule has 7 heteroatoms. The molecule has 21 heavy (non-hydrogen) atoms. The lowest BCUT2D eigenvalue weighted by molar-refractivity contribution is -0.206. The molecule has 0 spiro atoms. The van der Waals surface area contributed by atoms with Crippen molar-refractivity contribution in [2.75, 3.05) is 0 Å². The summed E-state index contributed by atoms with van der Waals surface area (Å²) in [5.41, 5.74) is -0.795. The van der Waals surface area contributed by atoms with Crippen LogP contribution < -0.4 is 5.11 Å². The molecule has 0 amide bonds. The Labute approximate surface area is 143 Å². The fourth-order valence-electron chi connectivity index (χ4n) is 1.61. The highest BCUT2D eigenvalue weighted by molar-refractivity contribution is 7.60. The average molecular weight is 379 g/mol. The Hall–Kier alpha value is -0.600. The smallest absolute Gasteiger partial charge is 0.213 e. The third-order valence-corrected chi connectivity index (χ3v) is 4.67. The van der Waals surface area contributed by atoms with E-state index < -0.39 is 11.0 Å². The summed E-state index contributed by atoms with van der Waals surface area (Å²) in [6.07, 6.45) is 0. The zero-order valence-electron chi connectivity index (χ0n) is 10.2. The van der Waals surface area contributed by atoms with E-state index in [2.05, 4.69) is 0 Å². The van der Waals surface area contributed by atoms with Crippen molar-refractivity contribution in [3.63, 3.8) is 0 Å². The molecule has 2 aromatic carbocycles. The molecule has 0 aliphatic carbocycles. The first-order valence-electron chi connectivity index (χ1n) is 5.60. The number of hydrogen-bond donors (Lipinski definition) is 0. The molecule has 0 aromatic heterocycles. The van der Waals surface area contributed by atoms with Gasteiger partial charge in [0.1, 0.15) is 0 Å². The second-order valence-electron chi connectivity index (χ2n) is 3.92. The van der Waals surface area contributed by atoms with Gasteiger partial charge in [-0.1, -0.05) is 64.0 Å². The van der Waals surface area contributed by atoms with Gasteiger partial charge in [-0.3, -0.25) is 4.79 Å². The molecule has 0 unspecified atom stereocenters. The Bertz CT molecular complexity index is 703. The first-order valence-corrected chi connectivity index (χ1v) is 8.01. The monoisotopic (exact) mass is 377 g/mol. The Kier molecular flexibility index (Phi) is 5.67. The summed E-state index contributed by atoms with van der Waals surface area (Å²) in [7, 11) is -0.124. The van der Waals surface area contributed by atoms with E-state index in [1.165, 1.54) is 24.3 Å². The van der Waals surface area contributed by atoms with Crippen LogP contribution in [0.4, 0.5) is 0 Å². The number of carbonyl (C=O) groups is 1. The largest absolute Gasteiger partial charge is 0.823 e. The standard InChI is InChI=1S/C14H7Cl4O2P/c15-7-3-1-4-8(16)11(7)13(19)21-14(20)12-9(17)5-2-6-10(12)18/h1-6,19H/p-1. The maximum Gasteiger partial charge on any atom is 0.213 e. The molecule has 0 radical (unpaired) electrons. The molecule has 0 fully saturated rings. The van der Waals surface area contributed by atoms with Gasteiger partial charge in [-0.2, -0.15) is 0 Å². The number of rotatable bonds is 3. The minimum absolute atomic E-state index is 0.110. The van der Waals surface area contributed by atoms with Crippen molar-refractivity contribution >= 4 is 65.6 Å².